The Bertz CT molecular complexity index is 1060. The summed E-state index contributed by atoms with van der Waals surface area (Å²) in [7, 11) is 1.58. The second-order valence-electron chi connectivity index (χ2n) is 8.78. The van der Waals surface area contributed by atoms with E-state index in [4.69, 9.17) is 9.47 Å². The summed E-state index contributed by atoms with van der Waals surface area (Å²) in [6.07, 6.45) is 2.23. The van der Waals surface area contributed by atoms with E-state index in [1.807, 2.05) is 23.1 Å². The van der Waals surface area contributed by atoms with Gasteiger partial charge in [0.25, 0.3) is 0 Å². The smallest absolute Gasteiger partial charge is 0.338 e. The first kappa shape index (κ1) is 20.9. The zero-order valence-electron chi connectivity index (χ0n) is 18.5. The lowest BCUT2D eigenvalue weighted by molar-refractivity contribution is -0.117. The summed E-state index contributed by atoms with van der Waals surface area (Å²) in [5.74, 6) is 0.720. The van der Waals surface area contributed by atoms with Crippen molar-refractivity contribution in [2.24, 2.45) is 5.92 Å². The first-order valence-corrected chi connectivity index (χ1v) is 11.1. The van der Waals surface area contributed by atoms with Crippen molar-refractivity contribution < 1.29 is 19.1 Å². The maximum absolute atomic E-state index is 12.7. The number of aromatic nitrogens is 1. The molecule has 1 aromatic carbocycles. The van der Waals surface area contributed by atoms with Crippen LogP contribution in [0.1, 0.15) is 39.5 Å². The van der Waals surface area contributed by atoms with E-state index in [9.17, 15) is 9.59 Å². The quantitative estimate of drug-likeness (QED) is 0.719. The van der Waals surface area contributed by atoms with Gasteiger partial charge in [-0.1, -0.05) is 6.07 Å². The number of hydrogen-bond acceptors (Lipinski definition) is 7. The van der Waals surface area contributed by atoms with Crippen LogP contribution in [0.25, 0.3) is 0 Å². The number of carbonyl (C=O) groups excluding carboxylic acids is 2. The van der Waals surface area contributed by atoms with Crippen molar-refractivity contribution in [3.63, 3.8) is 0 Å². The molecular formula is C24H28N4O4. The summed E-state index contributed by atoms with van der Waals surface area (Å²) in [6.45, 7) is 6.75. The number of esters is 1. The number of methoxy groups -OCH3 is 1. The van der Waals surface area contributed by atoms with Crippen LogP contribution >= 0.6 is 0 Å². The van der Waals surface area contributed by atoms with Crippen LogP contribution in [-0.2, 0) is 16.1 Å². The molecule has 32 heavy (non-hydrogen) atoms. The number of carbonyl (C=O) groups is 2. The molecule has 168 valence electrons. The largest absolute Gasteiger partial charge is 0.481 e. The van der Waals surface area contributed by atoms with Gasteiger partial charge in [0.1, 0.15) is 6.61 Å². The molecule has 8 nitrogen and oxygen atoms in total. The van der Waals surface area contributed by atoms with Crippen molar-refractivity contribution in [2.75, 3.05) is 44.7 Å². The standard InChI is InChI=1S/C24H28N4O4/c1-15-18(3-4-19-20(15)14-32-24(19)30)21-13-27(8-7-25-21)11-16-9-23(29)28(12-16)17-5-6-26-22(10-17)31-2/h3-6,10,16,21,25H,7-9,11-14H2,1-2H3/t16?,21-/m0/s1. The average molecular weight is 437 g/mol. The fourth-order valence-corrected chi connectivity index (χ4v) is 5.13. The highest BCUT2D eigenvalue weighted by Gasteiger charge is 2.34. The Balaban J connectivity index is 1.25. The lowest BCUT2D eigenvalue weighted by Gasteiger charge is -2.36. The van der Waals surface area contributed by atoms with Crippen LogP contribution in [0.15, 0.2) is 30.5 Å². The number of pyridine rings is 1. The molecule has 3 aliphatic rings. The summed E-state index contributed by atoms with van der Waals surface area (Å²) < 4.78 is 10.4. The Hall–Kier alpha value is -2.97. The van der Waals surface area contributed by atoms with Gasteiger partial charge in [-0.3, -0.25) is 9.69 Å². The summed E-state index contributed by atoms with van der Waals surface area (Å²) in [4.78, 5) is 33.0. The van der Waals surface area contributed by atoms with Gasteiger partial charge in [0.05, 0.1) is 18.4 Å². The molecule has 4 heterocycles. The van der Waals surface area contributed by atoms with Gasteiger partial charge in [-0.15, -0.1) is 0 Å². The van der Waals surface area contributed by atoms with Crippen LogP contribution in [0, 0.1) is 12.8 Å². The molecule has 5 rings (SSSR count). The third kappa shape index (κ3) is 3.84. The lowest BCUT2D eigenvalue weighted by Crippen LogP contribution is -2.47. The molecule has 0 spiro atoms. The van der Waals surface area contributed by atoms with E-state index in [0.717, 1.165) is 43.0 Å². The monoisotopic (exact) mass is 436 g/mol. The predicted octanol–water partition coefficient (Wildman–Crippen LogP) is 2.07. The second-order valence-corrected chi connectivity index (χ2v) is 8.78. The van der Waals surface area contributed by atoms with Gasteiger partial charge in [0, 0.05) is 63.0 Å². The van der Waals surface area contributed by atoms with E-state index in [2.05, 4.69) is 28.2 Å². The first-order chi connectivity index (χ1) is 15.5. The Morgan fingerprint density at radius 2 is 2.12 bits per heavy atom. The Morgan fingerprint density at radius 3 is 2.97 bits per heavy atom. The topological polar surface area (TPSA) is 84.0 Å². The van der Waals surface area contributed by atoms with Crippen molar-refractivity contribution in [1.82, 2.24) is 15.2 Å². The molecule has 0 radical (unpaired) electrons. The van der Waals surface area contributed by atoms with Crippen LogP contribution in [0.4, 0.5) is 5.69 Å². The number of nitrogens with one attached hydrogen (secondary N) is 1. The van der Waals surface area contributed by atoms with Crippen molar-refractivity contribution in [3.05, 3.63) is 52.7 Å². The highest BCUT2D eigenvalue weighted by molar-refractivity contribution is 5.96. The predicted molar refractivity (Wildman–Crippen MR) is 119 cm³/mol. The number of amides is 1. The van der Waals surface area contributed by atoms with Gasteiger partial charge >= 0.3 is 5.97 Å². The van der Waals surface area contributed by atoms with Crippen molar-refractivity contribution in [3.8, 4) is 5.88 Å². The average Bonchev–Trinajstić information content (AvgIpc) is 3.37. The van der Waals surface area contributed by atoms with Gasteiger partial charge < -0.3 is 19.7 Å². The number of anilines is 1. The molecule has 1 aromatic heterocycles. The third-order valence-corrected chi connectivity index (χ3v) is 6.80. The summed E-state index contributed by atoms with van der Waals surface area (Å²) in [5.41, 5.74) is 4.90. The van der Waals surface area contributed by atoms with Gasteiger partial charge in [-0.2, -0.15) is 0 Å². The molecule has 3 aliphatic heterocycles. The maximum Gasteiger partial charge on any atom is 0.338 e. The zero-order chi connectivity index (χ0) is 22.2. The Labute approximate surface area is 187 Å². The zero-order valence-corrected chi connectivity index (χ0v) is 18.5. The summed E-state index contributed by atoms with van der Waals surface area (Å²) in [6, 6.07) is 7.81. The minimum Gasteiger partial charge on any atom is -0.481 e. The number of piperazine rings is 1. The minimum absolute atomic E-state index is 0.147. The number of ether oxygens (including phenoxy) is 2. The number of benzene rings is 1. The van der Waals surface area contributed by atoms with Crippen LogP contribution in [0.3, 0.4) is 0 Å². The summed E-state index contributed by atoms with van der Waals surface area (Å²) in [5, 5.41) is 3.62. The lowest BCUT2D eigenvalue weighted by atomic mass is 9.93. The molecule has 0 saturated carbocycles. The molecule has 8 heteroatoms. The van der Waals surface area contributed by atoms with Crippen LogP contribution in [0.5, 0.6) is 5.88 Å². The fourth-order valence-electron chi connectivity index (χ4n) is 5.13. The normalized spacial score (nSPS) is 23.4. The van der Waals surface area contributed by atoms with E-state index in [0.29, 0.717) is 31.0 Å². The van der Waals surface area contributed by atoms with Crippen LogP contribution in [0.2, 0.25) is 0 Å². The SMILES string of the molecule is COc1cc(N2CC(CN3CCN[C@H](c4ccc5c(c4C)COC5=O)C3)CC2=O)ccn1. The fraction of sp³-hybridized carbons (Fsp3) is 0.458. The van der Waals surface area contributed by atoms with Crippen LogP contribution in [-0.4, -0.2) is 61.6 Å². The number of hydrogen-bond donors (Lipinski definition) is 1. The minimum atomic E-state index is -0.227. The maximum atomic E-state index is 12.7. The van der Waals surface area contributed by atoms with Crippen molar-refractivity contribution >= 4 is 17.6 Å². The van der Waals surface area contributed by atoms with Gasteiger partial charge in [0.2, 0.25) is 11.8 Å². The molecule has 1 N–H and O–H groups in total. The van der Waals surface area contributed by atoms with E-state index in [1.165, 1.54) is 5.56 Å². The van der Waals surface area contributed by atoms with Gasteiger partial charge in [-0.05, 0) is 36.1 Å². The number of rotatable bonds is 5. The molecule has 1 amide bonds. The highest BCUT2D eigenvalue weighted by Crippen LogP contribution is 2.31. The number of fused-ring (bicyclic) bond motifs is 1. The highest BCUT2D eigenvalue weighted by atomic mass is 16.5. The number of cyclic esters (lactones) is 1. The van der Waals surface area contributed by atoms with Crippen LogP contribution < -0.4 is 15.0 Å². The molecule has 2 atom stereocenters. The summed E-state index contributed by atoms with van der Waals surface area (Å²) >= 11 is 0. The molecule has 1 unspecified atom stereocenters. The van der Waals surface area contributed by atoms with E-state index in [1.54, 1.807) is 13.3 Å². The molecule has 0 bridgehead atoms. The first-order valence-electron chi connectivity index (χ1n) is 11.1. The Morgan fingerprint density at radius 1 is 1.25 bits per heavy atom. The Kier molecular flexibility index (Phi) is 5.57. The third-order valence-electron chi connectivity index (χ3n) is 6.80. The molecule has 2 fully saturated rings. The molecular weight excluding hydrogens is 408 g/mol. The second kappa shape index (κ2) is 8.52. The molecule has 2 saturated heterocycles. The van der Waals surface area contributed by atoms with Crippen molar-refractivity contribution in [2.45, 2.75) is 26.0 Å². The number of nitrogens with zero attached hydrogens (tertiary/aromatic N) is 3. The van der Waals surface area contributed by atoms with E-state index in [-0.39, 0.29) is 23.8 Å². The van der Waals surface area contributed by atoms with E-state index >= 15 is 0 Å². The molecule has 0 aliphatic carbocycles. The van der Waals surface area contributed by atoms with Gasteiger partial charge in [0.15, 0.2) is 0 Å². The van der Waals surface area contributed by atoms with Gasteiger partial charge in [-0.25, -0.2) is 9.78 Å². The van der Waals surface area contributed by atoms with Crippen molar-refractivity contribution in [1.29, 1.82) is 0 Å². The molecule has 2 aromatic rings. The van der Waals surface area contributed by atoms with E-state index < -0.39 is 0 Å².